The Morgan fingerprint density at radius 3 is 2.63 bits per heavy atom. The van der Waals surface area contributed by atoms with Crippen LogP contribution in [-0.4, -0.2) is 19.0 Å². The molecule has 19 heavy (non-hydrogen) atoms. The maximum Gasteiger partial charge on any atom is 0.254 e. The Morgan fingerprint density at radius 2 is 2.00 bits per heavy atom. The fraction of sp³-hybridized carbons (Fsp3) is 0.462. The van der Waals surface area contributed by atoms with Crippen LogP contribution in [-0.2, 0) is 0 Å². The Morgan fingerprint density at radius 1 is 1.32 bits per heavy atom. The van der Waals surface area contributed by atoms with E-state index >= 15 is 0 Å². The van der Waals surface area contributed by atoms with Crippen LogP contribution < -0.4 is 11.1 Å². The molecule has 0 spiro atoms. The second-order valence-corrected chi connectivity index (χ2v) is 4.46. The number of nitrogens with two attached hydrogens (primary N) is 1. The lowest BCUT2D eigenvalue weighted by molar-refractivity contribution is 0.0947. The van der Waals surface area contributed by atoms with Crippen molar-refractivity contribution < 1.29 is 18.0 Å². The predicted molar refractivity (Wildman–Crippen MR) is 66.1 cm³/mol. The molecule has 106 valence electrons. The van der Waals surface area contributed by atoms with E-state index in [0.29, 0.717) is 25.4 Å². The summed E-state index contributed by atoms with van der Waals surface area (Å²) in [5.41, 5.74) is 4.95. The number of benzene rings is 1. The monoisotopic (exact) mass is 274 g/mol. The molecule has 1 atom stereocenters. The summed E-state index contributed by atoms with van der Waals surface area (Å²) in [6.07, 6.45) is 1.52. The zero-order valence-corrected chi connectivity index (χ0v) is 10.7. The van der Waals surface area contributed by atoms with Gasteiger partial charge in [-0.15, -0.1) is 0 Å². The van der Waals surface area contributed by atoms with Gasteiger partial charge in [-0.25, -0.2) is 13.2 Å². The summed E-state index contributed by atoms with van der Waals surface area (Å²) in [5, 5.41) is 2.46. The summed E-state index contributed by atoms with van der Waals surface area (Å²) in [6, 6.07) is 1.65. The molecule has 0 fully saturated rings. The minimum atomic E-state index is -1.63. The molecule has 1 aromatic rings. The molecule has 3 N–H and O–H groups in total. The zero-order valence-electron chi connectivity index (χ0n) is 10.7. The van der Waals surface area contributed by atoms with Gasteiger partial charge < -0.3 is 11.1 Å². The number of hydrogen-bond donors (Lipinski definition) is 2. The van der Waals surface area contributed by atoms with Crippen molar-refractivity contribution in [2.24, 2.45) is 11.7 Å². The number of nitrogens with one attached hydrogen (secondary N) is 1. The highest BCUT2D eigenvalue weighted by Gasteiger charge is 2.18. The van der Waals surface area contributed by atoms with E-state index in [1.165, 1.54) is 0 Å². The Balaban J connectivity index is 2.53. The summed E-state index contributed by atoms with van der Waals surface area (Å²) < 4.78 is 39.0. The molecule has 1 unspecified atom stereocenters. The molecule has 0 saturated carbocycles. The van der Waals surface area contributed by atoms with Gasteiger partial charge in [-0.3, -0.25) is 4.79 Å². The van der Waals surface area contributed by atoms with Crippen LogP contribution in [0.15, 0.2) is 12.1 Å². The Hall–Kier alpha value is -1.56. The molecular weight excluding hydrogens is 257 g/mol. The van der Waals surface area contributed by atoms with Gasteiger partial charge in [-0.05, 0) is 37.4 Å². The third-order valence-electron chi connectivity index (χ3n) is 2.84. The van der Waals surface area contributed by atoms with E-state index in [1.807, 2.05) is 6.92 Å². The van der Waals surface area contributed by atoms with Crippen molar-refractivity contribution in [3.8, 4) is 0 Å². The van der Waals surface area contributed by atoms with Gasteiger partial charge >= 0.3 is 0 Å². The maximum absolute atomic E-state index is 13.3. The second-order valence-electron chi connectivity index (χ2n) is 4.46. The number of carbonyl (C=O) groups is 1. The lowest BCUT2D eigenvalue weighted by atomic mass is 10.1. The van der Waals surface area contributed by atoms with Gasteiger partial charge in [-0.2, -0.15) is 0 Å². The maximum atomic E-state index is 13.3. The van der Waals surface area contributed by atoms with E-state index < -0.39 is 28.9 Å². The van der Waals surface area contributed by atoms with Crippen molar-refractivity contribution in [2.75, 3.05) is 13.1 Å². The third kappa shape index (κ3) is 4.24. The molecule has 3 nitrogen and oxygen atoms in total. The Labute approximate surface area is 110 Å². The van der Waals surface area contributed by atoms with Gasteiger partial charge in [0, 0.05) is 6.54 Å². The van der Waals surface area contributed by atoms with Gasteiger partial charge in [0.25, 0.3) is 5.91 Å². The lowest BCUT2D eigenvalue weighted by Crippen LogP contribution is -2.26. The molecule has 6 heteroatoms. The second kappa shape index (κ2) is 7.13. The first-order valence-electron chi connectivity index (χ1n) is 6.09. The van der Waals surface area contributed by atoms with Gasteiger partial charge in [0.2, 0.25) is 0 Å². The fourth-order valence-electron chi connectivity index (χ4n) is 1.57. The molecule has 0 aliphatic rings. The first-order chi connectivity index (χ1) is 8.97. The van der Waals surface area contributed by atoms with Crippen LogP contribution >= 0.6 is 0 Å². The van der Waals surface area contributed by atoms with Crippen LogP contribution in [0.5, 0.6) is 0 Å². The lowest BCUT2D eigenvalue weighted by Gasteiger charge is -2.09. The Bertz CT molecular complexity index is 452. The summed E-state index contributed by atoms with van der Waals surface area (Å²) in [6.45, 7) is 2.88. The van der Waals surface area contributed by atoms with E-state index in [0.717, 1.165) is 18.6 Å². The zero-order chi connectivity index (χ0) is 14.4. The first-order valence-corrected chi connectivity index (χ1v) is 6.09. The highest BCUT2D eigenvalue weighted by Crippen LogP contribution is 2.15. The largest absolute Gasteiger partial charge is 0.352 e. The van der Waals surface area contributed by atoms with Crippen LogP contribution in [0.2, 0.25) is 0 Å². The van der Waals surface area contributed by atoms with Gasteiger partial charge in [-0.1, -0.05) is 6.92 Å². The smallest absolute Gasteiger partial charge is 0.254 e. The minimum absolute atomic E-state index is 0.335. The van der Waals surface area contributed by atoms with Crippen LogP contribution in [0.4, 0.5) is 13.2 Å². The minimum Gasteiger partial charge on any atom is -0.352 e. The van der Waals surface area contributed by atoms with Crippen molar-refractivity contribution in [1.82, 2.24) is 5.32 Å². The van der Waals surface area contributed by atoms with Crippen LogP contribution in [0.25, 0.3) is 0 Å². The van der Waals surface area contributed by atoms with Crippen LogP contribution in [0.1, 0.15) is 30.1 Å². The molecule has 0 aliphatic heterocycles. The average Bonchev–Trinajstić information content (AvgIpc) is 2.40. The standard InChI is InChI=1S/C13H17F3N2O/c1-8(7-17)3-2-6-18-13(19)9-4-5-10(14)12(16)11(9)15/h4-5,8H,2-3,6-7,17H2,1H3,(H,18,19). The summed E-state index contributed by atoms with van der Waals surface area (Å²) in [7, 11) is 0. The van der Waals surface area contributed by atoms with Crippen molar-refractivity contribution in [3.05, 3.63) is 35.1 Å². The van der Waals surface area contributed by atoms with Crippen LogP contribution in [0, 0.1) is 23.4 Å². The van der Waals surface area contributed by atoms with E-state index in [1.54, 1.807) is 0 Å². The van der Waals surface area contributed by atoms with Crippen molar-refractivity contribution in [2.45, 2.75) is 19.8 Å². The highest BCUT2D eigenvalue weighted by atomic mass is 19.2. The normalized spacial score (nSPS) is 12.3. The number of halogens is 3. The van der Waals surface area contributed by atoms with Crippen molar-refractivity contribution in [3.63, 3.8) is 0 Å². The third-order valence-corrected chi connectivity index (χ3v) is 2.84. The van der Waals surface area contributed by atoms with Crippen LogP contribution in [0.3, 0.4) is 0 Å². The first kappa shape index (κ1) is 15.5. The summed E-state index contributed by atoms with van der Waals surface area (Å²) in [5.74, 6) is -4.82. The molecule has 0 saturated heterocycles. The number of carbonyl (C=O) groups excluding carboxylic acids is 1. The summed E-state index contributed by atoms with van der Waals surface area (Å²) in [4.78, 5) is 11.6. The molecular formula is C13H17F3N2O. The van der Waals surface area contributed by atoms with E-state index in [2.05, 4.69) is 5.32 Å². The van der Waals surface area contributed by atoms with Gasteiger partial charge in [0.1, 0.15) is 0 Å². The number of amides is 1. The molecule has 1 aromatic carbocycles. The number of rotatable bonds is 6. The Kier molecular flexibility index (Phi) is 5.82. The fourth-order valence-corrected chi connectivity index (χ4v) is 1.57. The molecule has 1 amide bonds. The molecule has 0 bridgehead atoms. The quantitative estimate of drug-likeness (QED) is 0.617. The average molecular weight is 274 g/mol. The molecule has 0 aliphatic carbocycles. The van der Waals surface area contributed by atoms with Crippen molar-refractivity contribution in [1.29, 1.82) is 0 Å². The van der Waals surface area contributed by atoms with E-state index in [9.17, 15) is 18.0 Å². The molecule has 0 radical (unpaired) electrons. The predicted octanol–water partition coefficient (Wildman–Crippen LogP) is 2.21. The summed E-state index contributed by atoms with van der Waals surface area (Å²) >= 11 is 0. The SMILES string of the molecule is CC(CN)CCCNC(=O)c1ccc(F)c(F)c1F. The highest BCUT2D eigenvalue weighted by molar-refractivity contribution is 5.94. The van der Waals surface area contributed by atoms with E-state index in [4.69, 9.17) is 5.73 Å². The van der Waals surface area contributed by atoms with Crippen molar-refractivity contribution >= 4 is 5.91 Å². The topological polar surface area (TPSA) is 55.1 Å². The molecule has 0 aromatic heterocycles. The molecule has 1 rings (SSSR count). The molecule has 0 heterocycles. The van der Waals surface area contributed by atoms with Gasteiger partial charge in [0.15, 0.2) is 17.5 Å². The number of hydrogen-bond acceptors (Lipinski definition) is 2. The van der Waals surface area contributed by atoms with Gasteiger partial charge in [0.05, 0.1) is 5.56 Å². The van der Waals surface area contributed by atoms with E-state index in [-0.39, 0.29) is 0 Å².